The van der Waals surface area contributed by atoms with Crippen LogP contribution in [-0.2, 0) is 10.0 Å². The molecule has 84 valence electrons. The molecule has 1 aromatic heterocycles. The normalized spacial score (nSPS) is 12.1. The van der Waals surface area contributed by atoms with E-state index in [1.807, 2.05) is 0 Å². The van der Waals surface area contributed by atoms with E-state index in [9.17, 15) is 17.2 Å². The molecule has 0 atom stereocenters. The van der Waals surface area contributed by atoms with Gasteiger partial charge in [0.2, 0.25) is 0 Å². The quantitative estimate of drug-likeness (QED) is 0.774. The first kappa shape index (κ1) is 12.5. The predicted molar refractivity (Wildman–Crippen MR) is 57.7 cm³/mol. The maximum Gasteiger partial charge on any atom is 0.265 e. The van der Waals surface area contributed by atoms with Crippen molar-refractivity contribution in [1.82, 2.24) is 4.98 Å². The van der Waals surface area contributed by atoms with Gasteiger partial charge < -0.3 is 5.73 Å². The monoisotopic (exact) mass is 349 g/mol. The smallest absolute Gasteiger partial charge is 0.265 e. The fourth-order valence-electron chi connectivity index (χ4n) is 0.892. The van der Waals surface area contributed by atoms with Crippen molar-refractivity contribution in [3.8, 4) is 0 Å². The zero-order valence-electron chi connectivity index (χ0n) is 7.12. The zero-order valence-corrected chi connectivity index (χ0v) is 10.1. The Kier molecular flexibility index (Phi) is 3.45. The van der Waals surface area contributed by atoms with E-state index in [4.69, 9.17) is 10.9 Å². The van der Waals surface area contributed by atoms with Gasteiger partial charge in [-0.15, -0.1) is 0 Å². The van der Waals surface area contributed by atoms with Crippen LogP contribution in [0.15, 0.2) is 11.1 Å². The van der Waals surface area contributed by atoms with E-state index in [0.29, 0.717) is 0 Å². The van der Waals surface area contributed by atoms with E-state index < -0.39 is 27.0 Å². The molecule has 1 rings (SSSR count). The van der Waals surface area contributed by atoms with Crippen molar-refractivity contribution in [2.24, 2.45) is 5.14 Å². The highest BCUT2D eigenvalue weighted by atomic mass is 127. The molecule has 1 aromatic rings. The van der Waals surface area contributed by atoms with Gasteiger partial charge in [0.15, 0.2) is 5.03 Å². The number of anilines is 1. The molecule has 0 unspecified atom stereocenters. The van der Waals surface area contributed by atoms with Crippen LogP contribution >= 0.6 is 22.6 Å². The Morgan fingerprint density at radius 2 is 2.00 bits per heavy atom. The van der Waals surface area contributed by atoms with Gasteiger partial charge in [-0.05, 0) is 28.7 Å². The number of halogens is 3. The average Bonchev–Trinajstić information content (AvgIpc) is 2.06. The second kappa shape index (κ2) is 4.14. The van der Waals surface area contributed by atoms with Gasteiger partial charge in [-0.2, -0.15) is 0 Å². The Labute approximate surface area is 98.0 Å². The topological polar surface area (TPSA) is 99.1 Å². The van der Waals surface area contributed by atoms with Gasteiger partial charge in [0.1, 0.15) is 5.82 Å². The van der Waals surface area contributed by atoms with Crippen LogP contribution in [0.3, 0.4) is 0 Å². The van der Waals surface area contributed by atoms with E-state index in [0.717, 1.165) is 6.07 Å². The van der Waals surface area contributed by atoms with Crippen LogP contribution in [0.25, 0.3) is 0 Å². The summed E-state index contributed by atoms with van der Waals surface area (Å²) in [6, 6.07) is 0.918. The molecule has 0 aliphatic rings. The molecule has 0 amide bonds. The molecule has 0 saturated heterocycles. The molecule has 15 heavy (non-hydrogen) atoms. The van der Waals surface area contributed by atoms with Gasteiger partial charge in [-0.3, -0.25) is 0 Å². The minimum atomic E-state index is -4.14. The minimum absolute atomic E-state index is 0.209. The van der Waals surface area contributed by atoms with Crippen LogP contribution in [-0.4, -0.2) is 13.4 Å². The van der Waals surface area contributed by atoms with Crippen molar-refractivity contribution < 1.29 is 17.2 Å². The lowest BCUT2D eigenvalue weighted by Crippen LogP contribution is -2.17. The lowest BCUT2D eigenvalue weighted by Gasteiger charge is -2.08. The van der Waals surface area contributed by atoms with Crippen LogP contribution in [0.1, 0.15) is 12.0 Å². The molecule has 0 aliphatic carbocycles. The molecule has 0 saturated carbocycles. The Morgan fingerprint density at radius 3 is 2.40 bits per heavy atom. The Hall–Kier alpha value is -0.550. The molecule has 0 bridgehead atoms. The molecule has 0 spiro atoms. The maximum absolute atomic E-state index is 12.5. The molecule has 4 N–H and O–H groups in total. The largest absolute Gasteiger partial charge is 0.384 e. The number of rotatable bonds is 2. The first-order valence-corrected chi connectivity index (χ1v) is 6.13. The summed E-state index contributed by atoms with van der Waals surface area (Å²) < 4.78 is 46.7. The number of pyridine rings is 1. The summed E-state index contributed by atoms with van der Waals surface area (Å²) in [5.41, 5.74) is 4.70. The summed E-state index contributed by atoms with van der Waals surface area (Å²) in [6.45, 7) is 0. The first-order valence-electron chi connectivity index (χ1n) is 3.50. The third-order valence-corrected chi connectivity index (χ3v) is 3.81. The summed E-state index contributed by atoms with van der Waals surface area (Å²) in [4.78, 5) is 3.41. The molecular weight excluding hydrogens is 343 g/mol. The van der Waals surface area contributed by atoms with Crippen molar-refractivity contribution in [3.05, 3.63) is 15.2 Å². The first-order chi connectivity index (χ1) is 6.73. The summed E-state index contributed by atoms with van der Waals surface area (Å²) in [7, 11) is -4.14. The summed E-state index contributed by atoms with van der Waals surface area (Å²) in [6.07, 6.45) is -2.83. The number of nitrogens with zero attached hydrogens (tertiary/aromatic N) is 1. The van der Waals surface area contributed by atoms with E-state index >= 15 is 0 Å². The van der Waals surface area contributed by atoms with E-state index in [1.54, 1.807) is 0 Å². The number of sulfonamides is 1. The lowest BCUT2D eigenvalue weighted by atomic mass is 10.3. The summed E-state index contributed by atoms with van der Waals surface area (Å²) in [5.74, 6) is -0.310. The van der Waals surface area contributed by atoms with Gasteiger partial charge in [0.05, 0.1) is 3.57 Å². The highest BCUT2D eigenvalue weighted by Gasteiger charge is 2.22. The maximum atomic E-state index is 12.5. The van der Waals surface area contributed by atoms with E-state index in [-0.39, 0.29) is 9.39 Å². The molecule has 9 heteroatoms. The number of hydrogen-bond acceptors (Lipinski definition) is 4. The molecule has 0 fully saturated rings. The van der Waals surface area contributed by atoms with Crippen molar-refractivity contribution in [2.75, 3.05) is 5.73 Å². The number of hydrogen-bond donors (Lipinski definition) is 2. The van der Waals surface area contributed by atoms with Crippen molar-refractivity contribution in [3.63, 3.8) is 0 Å². The third-order valence-electron chi connectivity index (χ3n) is 1.48. The highest BCUT2D eigenvalue weighted by Crippen LogP contribution is 2.29. The second-order valence-corrected chi connectivity index (χ2v) is 5.16. The van der Waals surface area contributed by atoms with Crippen molar-refractivity contribution >= 4 is 38.4 Å². The van der Waals surface area contributed by atoms with Gasteiger partial charge in [-0.25, -0.2) is 27.3 Å². The molecule has 0 aliphatic heterocycles. The minimum Gasteiger partial charge on any atom is -0.384 e. The number of primary sulfonamides is 1. The standard InChI is InChI=1S/C6H6F2IN3O2S/c7-5(8)2-1-3(10)12-6(4(2)9)15(11,13)14/h1,5H,(H2,10,12)(H2,11,13,14). The summed E-state index contributed by atoms with van der Waals surface area (Å²) >= 11 is 1.44. The molecular formula is C6H6F2IN3O2S. The van der Waals surface area contributed by atoms with Crippen LogP contribution in [0.2, 0.25) is 0 Å². The van der Waals surface area contributed by atoms with Crippen LogP contribution in [0.4, 0.5) is 14.6 Å². The fraction of sp³-hybridized carbons (Fsp3) is 0.167. The Morgan fingerprint density at radius 1 is 1.47 bits per heavy atom. The highest BCUT2D eigenvalue weighted by molar-refractivity contribution is 14.1. The zero-order chi connectivity index (χ0) is 11.8. The van der Waals surface area contributed by atoms with Gasteiger partial charge >= 0.3 is 0 Å². The van der Waals surface area contributed by atoms with Gasteiger partial charge in [-0.1, -0.05) is 0 Å². The molecule has 0 aromatic carbocycles. The lowest BCUT2D eigenvalue weighted by molar-refractivity contribution is 0.150. The molecule has 5 nitrogen and oxygen atoms in total. The van der Waals surface area contributed by atoms with Crippen molar-refractivity contribution in [1.29, 1.82) is 0 Å². The molecule has 0 radical (unpaired) electrons. The van der Waals surface area contributed by atoms with E-state index in [1.165, 1.54) is 22.6 Å². The average molecular weight is 349 g/mol. The van der Waals surface area contributed by atoms with Crippen LogP contribution in [0, 0.1) is 3.57 Å². The van der Waals surface area contributed by atoms with Crippen molar-refractivity contribution in [2.45, 2.75) is 11.5 Å². The summed E-state index contributed by atoms with van der Waals surface area (Å²) in [5, 5.41) is 4.17. The SMILES string of the molecule is Nc1cc(C(F)F)c(I)c(S(N)(=O)=O)n1. The van der Waals surface area contributed by atoms with Crippen LogP contribution < -0.4 is 10.9 Å². The number of alkyl halides is 2. The second-order valence-electron chi connectivity index (χ2n) is 2.60. The molecule has 1 heterocycles. The van der Waals surface area contributed by atoms with E-state index in [2.05, 4.69) is 4.98 Å². The van der Waals surface area contributed by atoms with Gasteiger partial charge in [0, 0.05) is 5.56 Å². The van der Waals surface area contributed by atoms with Crippen LogP contribution in [0.5, 0.6) is 0 Å². The Balaban J connectivity index is 3.56. The number of nitrogens with two attached hydrogens (primary N) is 2. The number of nitrogen functional groups attached to an aromatic ring is 1. The predicted octanol–water partition coefficient (Wildman–Crippen LogP) is 0.853. The number of aromatic nitrogens is 1. The van der Waals surface area contributed by atoms with Gasteiger partial charge in [0.25, 0.3) is 16.4 Å². The fourth-order valence-corrected chi connectivity index (χ4v) is 2.92. The Bertz CT molecular complexity index is 491. The third kappa shape index (κ3) is 2.72.